The minimum Gasteiger partial charge on any atom is -0.497 e. The molecule has 1 atom stereocenters. The van der Waals surface area contributed by atoms with Crippen LogP contribution in [-0.2, 0) is 11.2 Å². The standard InChI is InChI=1S/C25H26N2O2/c1-29-22-14-12-20(13-15-22)23-10-5-11-24(26-23)21-9-6-16-27(18-21)25(28)17-19-7-3-2-4-8-19/h2-5,7-8,10-15,21H,6,9,16-18H2,1H3/t21-/m1/s1. The van der Waals surface area contributed by atoms with Gasteiger partial charge in [-0.25, -0.2) is 0 Å². The number of ether oxygens (including phenoxy) is 1. The van der Waals surface area contributed by atoms with E-state index < -0.39 is 0 Å². The second-order valence-electron chi connectivity index (χ2n) is 7.52. The maximum atomic E-state index is 12.8. The number of likely N-dealkylation sites (tertiary alicyclic amines) is 1. The fourth-order valence-corrected chi connectivity index (χ4v) is 3.93. The van der Waals surface area contributed by atoms with Crippen LogP contribution in [0.25, 0.3) is 11.3 Å². The van der Waals surface area contributed by atoms with Crippen LogP contribution in [0.1, 0.15) is 30.0 Å². The Bertz CT molecular complexity index is 954. The van der Waals surface area contributed by atoms with Gasteiger partial charge in [-0.3, -0.25) is 9.78 Å². The van der Waals surface area contributed by atoms with Gasteiger partial charge in [0.1, 0.15) is 5.75 Å². The number of pyridine rings is 1. The molecule has 0 radical (unpaired) electrons. The van der Waals surface area contributed by atoms with Crippen molar-refractivity contribution in [2.75, 3.05) is 20.2 Å². The zero-order chi connectivity index (χ0) is 20.1. The molecule has 0 N–H and O–H groups in total. The molecule has 1 aliphatic rings. The summed E-state index contributed by atoms with van der Waals surface area (Å²) >= 11 is 0. The van der Waals surface area contributed by atoms with Gasteiger partial charge in [0, 0.05) is 30.3 Å². The van der Waals surface area contributed by atoms with Crippen molar-refractivity contribution in [3.63, 3.8) is 0 Å². The Labute approximate surface area is 172 Å². The summed E-state index contributed by atoms with van der Waals surface area (Å²) < 4.78 is 5.24. The second-order valence-corrected chi connectivity index (χ2v) is 7.52. The molecular formula is C25H26N2O2. The molecule has 1 amide bonds. The average Bonchev–Trinajstić information content (AvgIpc) is 2.80. The van der Waals surface area contributed by atoms with Crippen molar-refractivity contribution in [1.29, 1.82) is 0 Å². The number of hydrogen-bond acceptors (Lipinski definition) is 3. The minimum atomic E-state index is 0.201. The molecule has 3 aromatic rings. The highest BCUT2D eigenvalue weighted by Crippen LogP contribution is 2.28. The minimum absolute atomic E-state index is 0.201. The van der Waals surface area contributed by atoms with Gasteiger partial charge in [-0.2, -0.15) is 0 Å². The highest BCUT2D eigenvalue weighted by molar-refractivity contribution is 5.79. The fourth-order valence-electron chi connectivity index (χ4n) is 3.93. The molecule has 0 saturated carbocycles. The van der Waals surface area contributed by atoms with Crippen molar-refractivity contribution in [3.8, 4) is 17.0 Å². The first-order valence-corrected chi connectivity index (χ1v) is 10.2. The summed E-state index contributed by atoms with van der Waals surface area (Å²) in [5.74, 6) is 1.32. The Morgan fingerprint density at radius 3 is 2.59 bits per heavy atom. The Balaban J connectivity index is 1.47. The second kappa shape index (κ2) is 8.91. The Morgan fingerprint density at radius 2 is 1.83 bits per heavy atom. The molecule has 1 aromatic heterocycles. The smallest absolute Gasteiger partial charge is 0.227 e. The number of piperidine rings is 1. The van der Waals surface area contributed by atoms with E-state index in [4.69, 9.17) is 9.72 Å². The van der Waals surface area contributed by atoms with Crippen LogP contribution in [0.2, 0.25) is 0 Å². The monoisotopic (exact) mass is 386 g/mol. The molecule has 2 heterocycles. The molecule has 1 saturated heterocycles. The van der Waals surface area contributed by atoms with Crippen LogP contribution < -0.4 is 4.74 Å². The van der Waals surface area contributed by atoms with Gasteiger partial charge < -0.3 is 9.64 Å². The van der Waals surface area contributed by atoms with E-state index >= 15 is 0 Å². The van der Waals surface area contributed by atoms with Crippen LogP contribution in [0.5, 0.6) is 5.75 Å². The van der Waals surface area contributed by atoms with Gasteiger partial charge in [-0.1, -0.05) is 36.4 Å². The van der Waals surface area contributed by atoms with E-state index in [1.54, 1.807) is 7.11 Å². The maximum absolute atomic E-state index is 12.8. The zero-order valence-corrected chi connectivity index (χ0v) is 16.8. The molecule has 1 fully saturated rings. The third kappa shape index (κ3) is 4.65. The lowest BCUT2D eigenvalue weighted by Gasteiger charge is -2.32. The molecule has 0 aliphatic carbocycles. The SMILES string of the molecule is COc1ccc(-c2cccc([C@@H]3CCCN(C(=O)Cc4ccccc4)C3)n2)cc1. The molecule has 29 heavy (non-hydrogen) atoms. The fraction of sp³-hybridized carbons (Fsp3) is 0.280. The van der Waals surface area contributed by atoms with E-state index in [2.05, 4.69) is 12.1 Å². The van der Waals surface area contributed by atoms with Crippen molar-refractivity contribution in [2.45, 2.75) is 25.2 Å². The first-order valence-electron chi connectivity index (χ1n) is 10.2. The lowest BCUT2D eigenvalue weighted by atomic mass is 9.93. The number of rotatable bonds is 5. The number of amides is 1. The molecule has 2 aromatic carbocycles. The predicted molar refractivity (Wildman–Crippen MR) is 115 cm³/mol. The Hall–Kier alpha value is -3.14. The summed E-state index contributed by atoms with van der Waals surface area (Å²) in [6.45, 7) is 1.57. The zero-order valence-electron chi connectivity index (χ0n) is 16.8. The Morgan fingerprint density at radius 1 is 1.03 bits per heavy atom. The van der Waals surface area contributed by atoms with Gasteiger partial charge in [0.15, 0.2) is 0 Å². The number of nitrogens with zero attached hydrogens (tertiary/aromatic N) is 2. The third-order valence-electron chi connectivity index (χ3n) is 5.55. The first kappa shape index (κ1) is 19.2. The lowest BCUT2D eigenvalue weighted by Crippen LogP contribution is -2.40. The van der Waals surface area contributed by atoms with Crippen molar-refractivity contribution in [1.82, 2.24) is 9.88 Å². The average molecular weight is 386 g/mol. The van der Waals surface area contributed by atoms with Crippen LogP contribution in [0.3, 0.4) is 0 Å². The van der Waals surface area contributed by atoms with Gasteiger partial charge in [0.25, 0.3) is 0 Å². The summed E-state index contributed by atoms with van der Waals surface area (Å²) in [5, 5.41) is 0. The molecular weight excluding hydrogens is 360 g/mol. The molecule has 0 unspecified atom stereocenters. The topological polar surface area (TPSA) is 42.4 Å². The quantitative estimate of drug-likeness (QED) is 0.638. The van der Waals surface area contributed by atoms with Crippen molar-refractivity contribution < 1.29 is 9.53 Å². The third-order valence-corrected chi connectivity index (χ3v) is 5.55. The highest BCUT2D eigenvalue weighted by atomic mass is 16.5. The number of aromatic nitrogens is 1. The van der Waals surface area contributed by atoms with Crippen molar-refractivity contribution in [3.05, 3.63) is 84.1 Å². The van der Waals surface area contributed by atoms with E-state index in [1.165, 1.54) is 0 Å². The molecule has 4 rings (SSSR count). The van der Waals surface area contributed by atoms with Crippen LogP contribution in [-0.4, -0.2) is 36.0 Å². The molecule has 4 heteroatoms. The molecule has 148 valence electrons. The highest BCUT2D eigenvalue weighted by Gasteiger charge is 2.25. The maximum Gasteiger partial charge on any atom is 0.227 e. The van der Waals surface area contributed by atoms with E-state index in [9.17, 15) is 4.79 Å². The number of methoxy groups -OCH3 is 1. The molecule has 1 aliphatic heterocycles. The Kier molecular flexibility index (Phi) is 5.89. The van der Waals surface area contributed by atoms with Crippen LogP contribution in [0.4, 0.5) is 0 Å². The van der Waals surface area contributed by atoms with Gasteiger partial charge in [0.05, 0.1) is 19.2 Å². The lowest BCUT2D eigenvalue weighted by molar-refractivity contribution is -0.131. The summed E-state index contributed by atoms with van der Waals surface area (Å²) in [6.07, 6.45) is 2.54. The van der Waals surface area contributed by atoms with Crippen molar-refractivity contribution in [2.24, 2.45) is 0 Å². The summed E-state index contributed by atoms with van der Waals surface area (Å²) in [5.41, 5.74) is 4.16. The van der Waals surface area contributed by atoms with Gasteiger partial charge in [-0.05, 0) is 54.8 Å². The number of carbonyl (C=O) groups excluding carboxylic acids is 1. The normalized spacial score (nSPS) is 16.4. The molecule has 0 spiro atoms. The van der Waals surface area contributed by atoms with Crippen LogP contribution in [0.15, 0.2) is 72.8 Å². The van der Waals surface area contributed by atoms with Crippen molar-refractivity contribution >= 4 is 5.91 Å². The van der Waals surface area contributed by atoms with Crippen LogP contribution in [0, 0.1) is 0 Å². The first-order chi connectivity index (χ1) is 14.2. The van der Waals surface area contributed by atoms with Gasteiger partial charge >= 0.3 is 0 Å². The van der Waals surface area contributed by atoms with E-state index in [0.29, 0.717) is 6.42 Å². The largest absolute Gasteiger partial charge is 0.497 e. The summed E-state index contributed by atoms with van der Waals surface area (Å²) in [4.78, 5) is 19.7. The van der Waals surface area contributed by atoms with E-state index in [-0.39, 0.29) is 11.8 Å². The van der Waals surface area contributed by atoms with E-state index in [0.717, 1.165) is 54.2 Å². The summed E-state index contributed by atoms with van der Waals surface area (Å²) in [7, 11) is 1.67. The predicted octanol–water partition coefficient (Wildman–Crippen LogP) is 4.71. The van der Waals surface area contributed by atoms with E-state index in [1.807, 2.05) is 65.6 Å². The number of carbonyl (C=O) groups is 1. The summed E-state index contributed by atoms with van der Waals surface area (Å²) in [6, 6.07) is 24.1. The van der Waals surface area contributed by atoms with Gasteiger partial charge in [-0.15, -0.1) is 0 Å². The number of hydrogen-bond donors (Lipinski definition) is 0. The molecule has 4 nitrogen and oxygen atoms in total. The molecule has 0 bridgehead atoms. The van der Waals surface area contributed by atoms with Gasteiger partial charge in [0.2, 0.25) is 5.91 Å². The number of benzene rings is 2. The van der Waals surface area contributed by atoms with Crippen LogP contribution >= 0.6 is 0 Å².